The maximum atomic E-state index is 12.8. The van der Waals surface area contributed by atoms with Gasteiger partial charge >= 0.3 is 0 Å². The van der Waals surface area contributed by atoms with Crippen LogP contribution in [0.1, 0.15) is 30.7 Å². The van der Waals surface area contributed by atoms with Gasteiger partial charge in [0.05, 0.1) is 0 Å². The van der Waals surface area contributed by atoms with E-state index in [1.165, 1.54) is 31.5 Å². The first-order valence-corrected chi connectivity index (χ1v) is 10.4. The summed E-state index contributed by atoms with van der Waals surface area (Å²) in [6, 6.07) is 9.15. The number of carbonyl (C=O) groups excluding carboxylic acids is 1. The lowest BCUT2D eigenvalue weighted by atomic mass is 10.0. The van der Waals surface area contributed by atoms with Gasteiger partial charge in [-0.25, -0.2) is 0 Å². The summed E-state index contributed by atoms with van der Waals surface area (Å²) in [6.07, 6.45) is 3.64. The van der Waals surface area contributed by atoms with Crippen molar-refractivity contribution in [3.8, 4) is 0 Å². The summed E-state index contributed by atoms with van der Waals surface area (Å²) in [6.45, 7) is 6.31. The molecule has 0 radical (unpaired) electrons. The molecule has 5 heteroatoms. The highest BCUT2D eigenvalue weighted by Crippen LogP contribution is 2.48. The molecule has 4 nitrogen and oxygen atoms in total. The third-order valence-electron chi connectivity index (χ3n) is 6.15. The van der Waals surface area contributed by atoms with Crippen LogP contribution in [-0.2, 0) is 4.79 Å². The average molecular weight is 406 g/mol. The number of halogens is 1. The molecule has 3 aliphatic rings. The fraction of sp³-hybridized carbons (Fsp3) is 0.650. The third kappa shape index (κ3) is 3.93. The predicted octanol–water partition coefficient (Wildman–Crippen LogP) is 2.79. The van der Waals surface area contributed by atoms with Crippen molar-refractivity contribution in [2.24, 2.45) is 5.92 Å². The van der Waals surface area contributed by atoms with Gasteiger partial charge in [-0.2, -0.15) is 0 Å². The van der Waals surface area contributed by atoms with Crippen LogP contribution in [-0.4, -0.2) is 73.0 Å². The predicted molar refractivity (Wildman–Crippen MR) is 104 cm³/mol. The topological polar surface area (TPSA) is 26.8 Å². The highest BCUT2D eigenvalue weighted by molar-refractivity contribution is 9.10. The Labute approximate surface area is 159 Å². The van der Waals surface area contributed by atoms with E-state index in [0.717, 1.165) is 37.1 Å². The van der Waals surface area contributed by atoms with Crippen LogP contribution in [0.4, 0.5) is 0 Å². The molecule has 1 aliphatic carbocycles. The molecule has 2 heterocycles. The maximum Gasteiger partial charge on any atom is 0.226 e. The standard InChI is InChI=1S/C20H28BrN3O/c1-22-8-2-3-17(14-22)23-9-11-24(12-10-23)20(25)19-13-18(19)15-4-6-16(21)7-5-15/h4-7,17-19H,2-3,8-14H2,1H3. The van der Waals surface area contributed by atoms with Gasteiger partial charge in [-0.15, -0.1) is 0 Å². The van der Waals surface area contributed by atoms with E-state index in [1.807, 2.05) is 0 Å². The van der Waals surface area contributed by atoms with Gasteiger partial charge in [0.25, 0.3) is 0 Å². The number of likely N-dealkylation sites (N-methyl/N-ethyl adjacent to an activating group) is 1. The Morgan fingerprint density at radius 3 is 2.48 bits per heavy atom. The highest BCUT2D eigenvalue weighted by Gasteiger charge is 2.46. The smallest absolute Gasteiger partial charge is 0.226 e. The lowest BCUT2D eigenvalue weighted by Gasteiger charge is -2.42. The number of carbonyl (C=O) groups is 1. The lowest BCUT2D eigenvalue weighted by Crippen LogP contribution is -2.55. The molecule has 3 atom stereocenters. The van der Waals surface area contributed by atoms with Gasteiger partial charge in [0.1, 0.15) is 0 Å². The highest BCUT2D eigenvalue weighted by atomic mass is 79.9. The van der Waals surface area contributed by atoms with E-state index in [9.17, 15) is 4.79 Å². The van der Waals surface area contributed by atoms with E-state index in [1.54, 1.807) is 0 Å². The molecule has 2 saturated heterocycles. The first-order valence-electron chi connectivity index (χ1n) is 9.58. The number of likely N-dealkylation sites (tertiary alicyclic amines) is 1. The van der Waals surface area contributed by atoms with Crippen LogP contribution in [0.25, 0.3) is 0 Å². The molecule has 0 spiro atoms. The summed E-state index contributed by atoms with van der Waals surface area (Å²) < 4.78 is 1.10. The van der Waals surface area contributed by atoms with Crippen LogP contribution in [0, 0.1) is 5.92 Å². The molecule has 3 fully saturated rings. The Balaban J connectivity index is 1.28. The summed E-state index contributed by atoms with van der Waals surface area (Å²) >= 11 is 3.48. The molecular weight excluding hydrogens is 378 g/mol. The van der Waals surface area contributed by atoms with Gasteiger partial charge in [-0.3, -0.25) is 9.69 Å². The van der Waals surface area contributed by atoms with Gasteiger partial charge in [0, 0.05) is 49.2 Å². The molecule has 1 saturated carbocycles. The zero-order valence-electron chi connectivity index (χ0n) is 15.0. The van der Waals surface area contributed by atoms with E-state index in [-0.39, 0.29) is 5.92 Å². The zero-order valence-corrected chi connectivity index (χ0v) is 16.6. The second-order valence-electron chi connectivity index (χ2n) is 7.92. The van der Waals surface area contributed by atoms with Crippen LogP contribution in [0.15, 0.2) is 28.7 Å². The molecule has 1 aromatic carbocycles. The Hall–Kier alpha value is -0.910. The van der Waals surface area contributed by atoms with Crippen molar-refractivity contribution in [1.29, 1.82) is 0 Å². The molecule has 0 aromatic heterocycles. The number of amides is 1. The lowest BCUT2D eigenvalue weighted by molar-refractivity contribution is -0.134. The van der Waals surface area contributed by atoms with E-state index >= 15 is 0 Å². The third-order valence-corrected chi connectivity index (χ3v) is 6.68. The van der Waals surface area contributed by atoms with Crippen molar-refractivity contribution in [2.75, 3.05) is 46.3 Å². The quantitative estimate of drug-likeness (QED) is 0.773. The molecule has 25 heavy (non-hydrogen) atoms. The minimum Gasteiger partial charge on any atom is -0.340 e. The summed E-state index contributed by atoms with van der Waals surface area (Å²) in [5.74, 6) is 1.03. The van der Waals surface area contributed by atoms with Crippen molar-refractivity contribution in [1.82, 2.24) is 14.7 Å². The molecule has 0 N–H and O–H groups in total. The van der Waals surface area contributed by atoms with Gasteiger partial charge in [-0.1, -0.05) is 28.1 Å². The number of rotatable bonds is 3. The van der Waals surface area contributed by atoms with Crippen LogP contribution < -0.4 is 0 Å². The van der Waals surface area contributed by atoms with Gasteiger partial charge in [0.2, 0.25) is 5.91 Å². The normalized spacial score (nSPS) is 31.1. The second-order valence-corrected chi connectivity index (χ2v) is 8.84. The monoisotopic (exact) mass is 405 g/mol. The minimum atomic E-state index is 0.216. The Kier molecular flexibility index (Phi) is 5.16. The summed E-state index contributed by atoms with van der Waals surface area (Å²) in [5.41, 5.74) is 1.31. The van der Waals surface area contributed by atoms with E-state index in [0.29, 0.717) is 17.9 Å². The zero-order chi connectivity index (χ0) is 17.4. The van der Waals surface area contributed by atoms with Crippen LogP contribution in [0.2, 0.25) is 0 Å². The SMILES string of the molecule is CN1CCCC(N2CCN(C(=O)C3CC3c3ccc(Br)cc3)CC2)C1. The number of piperidine rings is 1. The fourth-order valence-corrected chi connectivity index (χ4v) is 4.79. The summed E-state index contributed by atoms with van der Waals surface area (Å²) in [4.78, 5) is 20.0. The molecule has 136 valence electrons. The van der Waals surface area contributed by atoms with Gasteiger partial charge in [-0.05, 0) is 56.5 Å². The number of piperazine rings is 1. The largest absolute Gasteiger partial charge is 0.340 e. The Morgan fingerprint density at radius 2 is 1.80 bits per heavy atom. The van der Waals surface area contributed by atoms with E-state index < -0.39 is 0 Å². The molecule has 2 aliphatic heterocycles. The Bertz CT molecular complexity index is 612. The molecule has 1 aromatic rings. The summed E-state index contributed by atoms with van der Waals surface area (Å²) in [7, 11) is 2.22. The molecule has 1 amide bonds. The first-order chi connectivity index (χ1) is 12.1. The second kappa shape index (κ2) is 7.37. The van der Waals surface area contributed by atoms with Crippen LogP contribution >= 0.6 is 15.9 Å². The fourth-order valence-electron chi connectivity index (χ4n) is 4.53. The van der Waals surface area contributed by atoms with Crippen molar-refractivity contribution < 1.29 is 4.79 Å². The van der Waals surface area contributed by atoms with Gasteiger partial charge in [0.15, 0.2) is 0 Å². The number of benzene rings is 1. The number of nitrogens with zero attached hydrogens (tertiary/aromatic N) is 3. The van der Waals surface area contributed by atoms with E-state index in [4.69, 9.17) is 0 Å². The van der Waals surface area contributed by atoms with Crippen molar-refractivity contribution in [3.63, 3.8) is 0 Å². The first kappa shape index (κ1) is 17.5. The molecule has 3 unspecified atom stereocenters. The van der Waals surface area contributed by atoms with Crippen molar-refractivity contribution in [3.05, 3.63) is 34.3 Å². The minimum absolute atomic E-state index is 0.216. The average Bonchev–Trinajstić information content (AvgIpc) is 3.43. The van der Waals surface area contributed by atoms with Crippen molar-refractivity contribution in [2.45, 2.75) is 31.2 Å². The maximum absolute atomic E-state index is 12.8. The van der Waals surface area contributed by atoms with Gasteiger partial charge < -0.3 is 9.80 Å². The molecular formula is C20H28BrN3O. The van der Waals surface area contributed by atoms with Crippen LogP contribution in [0.5, 0.6) is 0 Å². The molecule has 4 rings (SSSR count). The van der Waals surface area contributed by atoms with Crippen molar-refractivity contribution >= 4 is 21.8 Å². The summed E-state index contributed by atoms with van der Waals surface area (Å²) in [5, 5.41) is 0. The molecule has 0 bridgehead atoms. The van der Waals surface area contributed by atoms with Crippen LogP contribution in [0.3, 0.4) is 0 Å². The van der Waals surface area contributed by atoms with E-state index in [2.05, 4.69) is 61.9 Å². The Morgan fingerprint density at radius 1 is 1.08 bits per heavy atom. The number of hydrogen-bond donors (Lipinski definition) is 0. The number of hydrogen-bond acceptors (Lipinski definition) is 3.